The van der Waals surface area contributed by atoms with Crippen LogP contribution in [0.4, 0.5) is 0 Å². The first-order valence-corrected chi connectivity index (χ1v) is 24.0. The molecule has 0 aliphatic heterocycles. The van der Waals surface area contributed by atoms with Gasteiger partial charge in [-0.05, 0) is 58.7 Å². The van der Waals surface area contributed by atoms with E-state index in [1.807, 2.05) is 78.9 Å². The van der Waals surface area contributed by atoms with E-state index in [0.29, 0.717) is 35.1 Å². The van der Waals surface area contributed by atoms with Crippen molar-refractivity contribution in [1.29, 1.82) is 0 Å². The molecular weight excluding hydrogens is 869 g/mol. The summed E-state index contributed by atoms with van der Waals surface area (Å²) in [6.07, 6.45) is 0. The number of hydrogen-bond acceptors (Lipinski definition) is 6. The molecule has 4 heterocycles. The third-order valence-corrected chi connectivity index (χ3v) is 14.3. The lowest BCUT2D eigenvalue weighted by atomic mass is 9.82. The minimum Gasteiger partial charge on any atom is -0.307 e. The molecule has 0 spiro atoms. The minimum absolute atomic E-state index is 0.189. The molecule has 1 aliphatic rings. The van der Waals surface area contributed by atoms with Crippen LogP contribution in [0.2, 0.25) is 0 Å². The third kappa shape index (κ3) is 6.38. The summed E-state index contributed by atoms with van der Waals surface area (Å²) in [6, 6.07) is 76.1. The van der Waals surface area contributed by atoms with Crippen molar-refractivity contribution in [2.75, 3.05) is 0 Å². The van der Waals surface area contributed by atoms with Crippen molar-refractivity contribution in [2.45, 2.75) is 19.3 Å². The van der Waals surface area contributed by atoms with Crippen LogP contribution in [0.1, 0.15) is 25.0 Å². The molecule has 0 amide bonds. The third-order valence-electron chi connectivity index (χ3n) is 14.3. The Bertz CT molecular complexity index is 4180. The second-order valence-corrected chi connectivity index (χ2v) is 18.7. The monoisotopic (exact) mass is 910 g/mol. The van der Waals surface area contributed by atoms with Gasteiger partial charge in [0, 0.05) is 60.5 Å². The fourth-order valence-corrected chi connectivity index (χ4v) is 10.9. The lowest BCUT2D eigenvalue weighted by Gasteiger charge is -2.21. The van der Waals surface area contributed by atoms with Gasteiger partial charge in [0.25, 0.3) is 0 Å². The Morgan fingerprint density at radius 2 is 0.732 bits per heavy atom. The summed E-state index contributed by atoms with van der Waals surface area (Å²) in [5.41, 5.74) is 14.5. The molecule has 8 nitrogen and oxygen atoms in total. The van der Waals surface area contributed by atoms with Crippen LogP contribution >= 0.6 is 0 Å². The summed E-state index contributed by atoms with van der Waals surface area (Å²) in [5.74, 6) is 3.62. The number of para-hydroxylation sites is 2. The summed E-state index contributed by atoms with van der Waals surface area (Å²) in [7, 11) is 0. The highest BCUT2D eigenvalue weighted by Crippen LogP contribution is 2.52. The standard InChI is InChI=1S/C63H42N8/c1-63(2)50-29-15-12-27-48(50)54-49(28-18-30-51(54)63)61-67-60(41-23-10-5-11-24-41)68-62(69-61)71-53-32-17-14-26-45(53)47-38-37-46-44-25-13-16-31-52(44)70(55(46)56(47)71)43-35-33-42(34-36-43)59-65-57(39-19-6-3-7-20-39)64-58(66-59)40-21-8-4-9-22-40/h3-38H,1-2H3. The molecule has 0 unspecified atom stereocenters. The lowest BCUT2D eigenvalue weighted by Crippen LogP contribution is -2.14. The van der Waals surface area contributed by atoms with Gasteiger partial charge in [0.15, 0.2) is 29.1 Å². The Balaban J connectivity index is 1.01. The highest BCUT2D eigenvalue weighted by atomic mass is 15.2. The van der Waals surface area contributed by atoms with E-state index in [1.54, 1.807) is 0 Å². The Morgan fingerprint density at radius 1 is 0.310 bits per heavy atom. The van der Waals surface area contributed by atoms with Gasteiger partial charge in [-0.15, -0.1) is 0 Å². The highest BCUT2D eigenvalue weighted by molar-refractivity contribution is 6.23. The van der Waals surface area contributed by atoms with E-state index in [9.17, 15) is 0 Å². The molecular formula is C63H42N8. The Kier molecular flexibility index (Phi) is 9.06. The SMILES string of the molecule is CC1(C)c2ccccc2-c2c(-c3nc(-c4ccccc4)nc(-n4c5ccccc5c5ccc6c7ccccc7n(-c7ccc(-c8nc(-c9ccccc9)nc(-c9ccccc9)n8)cc7)c6c54)n3)cccc21. The summed E-state index contributed by atoms with van der Waals surface area (Å²) in [5, 5.41) is 4.47. The molecule has 0 bridgehead atoms. The van der Waals surface area contributed by atoms with Gasteiger partial charge in [0.2, 0.25) is 5.95 Å². The van der Waals surface area contributed by atoms with E-state index < -0.39 is 0 Å². The summed E-state index contributed by atoms with van der Waals surface area (Å²) in [6.45, 7) is 4.62. The number of nitrogens with zero attached hydrogens (tertiary/aromatic N) is 8. The van der Waals surface area contributed by atoms with Crippen molar-refractivity contribution in [1.82, 2.24) is 39.0 Å². The van der Waals surface area contributed by atoms with E-state index in [0.717, 1.165) is 77.1 Å². The van der Waals surface area contributed by atoms with E-state index in [1.165, 1.54) is 22.3 Å². The van der Waals surface area contributed by atoms with Gasteiger partial charge in [-0.25, -0.2) is 19.9 Å². The molecule has 0 fully saturated rings. The van der Waals surface area contributed by atoms with Gasteiger partial charge in [0.05, 0.1) is 22.1 Å². The topological polar surface area (TPSA) is 87.2 Å². The van der Waals surface area contributed by atoms with E-state index >= 15 is 0 Å². The summed E-state index contributed by atoms with van der Waals surface area (Å²) in [4.78, 5) is 31.3. The van der Waals surface area contributed by atoms with Crippen molar-refractivity contribution in [2.24, 2.45) is 0 Å². The van der Waals surface area contributed by atoms with Crippen LogP contribution in [0, 0.1) is 0 Å². The Morgan fingerprint density at radius 3 is 1.32 bits per heavy atom. The maximum atomic E-state index is 5.55. The zero-order valence-corrected chi connectivity index (χ0v) is 38.9. The van der Waals surface area contributed by atoms with E-state index in [2.05, 4.69) is 163 Å². The highest BCUT2D eigenvalue weighted by Gasteiger charge is 2.37. The fraction of sp³-hybridized carbons (Fsp3) is 0.0476. The van der Waals surface area contributed by atoms with Crippen LogP contribution in [0.5, 0.6) is 0 Å². The van der Waals surface area contributed by atoms with Crippen molar-refractivity contribution >= 4 is 43.6 Å². The van der Waals surface area contributed by atoms with Gasteiger partial charge in [0.1, 0.15) is 0 Å². The minimum atomic E-state index is -0.189. The summed E-state index contributed by atoms with van der Waals surface area (Å²) >= 11 is 0. The maximum Gasteiger partial charge on any atom is 0.238 e. The van der Waals surface area contributed by atoms with Crippen LogP contribution in [0.25, 0.3) is 123 Å². The van der Waals surface area contributed by atoms with Gasteiger partial charge in [-0.2, -0.15) is 9.97 Å². The molecule has 0 atom stereocenters. The van der Waals surface area contributed by atoms with Gasteiger partial charge < -0.3 is 4.57 Å². The zero-order valence-electron chi connectivity index (χ0n) is 38.9. The smallest absolute Gasteiger partial charge is 0.238 e. The van der Waals surface area contributed by atoms with Crippen LogP contribution in [0.3, 0.4) is 0 Å². The van der Waals surface area contributed by atoms with Crippen LogP contribution < -0.4 is 0 Å². The van der Waals surface area contributed by atoms with Crippen LogP contribution in [-0.2, 0) is 5.41 Å². The average Bonchev–Trinajstić information content (AvgIpc) is 4.04. The number of hydrogen-bond donors (Lipinski definition) is 0. The largest absolute Gasteiger partial charge is 0.307 e. The average molecular weight is 911 g/mol. The maximum absolute atomic E-state index is 5.55. The van der Waals surface area contributed by atoms with Gasteiger partial charge in [-0.1, -0.05) is 196 Å². The molecule has 71 heavy (non-hydrogen) atoms. The molecule has 14 rings (SSSR count). The molecule has 4 aromatic heterocycles. The molecule has 0 N–H and O–H groups in total. The van der Waals surface area contributed by atoms with E-state index in [4.69, 9.17) is 29.9 Å². The number of benzene rings is 9. The first-order chi connectivity index (χ1) is 35.0. The predicted molar refractivity (Wildman–Crippen MR) is 287 cm³/mol. The second-order valence-electron chi connectivity index (χ2n) is 18.7. The van der Waals surface area contributed by atoms with Crippen molar-refractivity contribution in [3.63, 3.8) is 0 Å². The first kappa shape index (κ1) is 40.6. The van der Waals surface area contributed by atoms with Gasteiger partial charge >= 0.3 is 0 Å². The first-order valence-electron chi connectivity index (χ1n) is 24.0. The number of rotatable bonds is 7. The molecule has 0 saturated heterocycles. The quantitative estimate of drug-likeness (QED) is 0.158. The van der Waals surface area contributed by atoms with Crippen molar-refractivity contribution in [3.05, 3.63) is 230 Å². The number of aromatic nitrogens is 8. The molecule has 1 aliphatic carbocycles. The molecule has 334 valence electrons. The second kappa shape index (κ2) is 15.8. The van der Waals surface area contributed by atoms with Crippen molar-refractivity contribution in [3.8, 4) is 79.7 Å². The molecule has 0 radical (unpaired) electrons. The lowest BCUT2D eigenvalue weighted by molar-refractivity contribution is 0.660. The predicted octanol–water partition coefficient (Wildman–Crippen LogP) is 14.9. The normalized spacial score (nSPS) is 12.8. The Labute approximate surface area is 409 Å². The molecule has 0 saturated carbocycles. The number of fused-ring (bicyclic) bond motifs is 10. The van der Waals surface area contributed by atoms with Gasteiger partial charge in [-0.3, -0.25) is 4.57 Å². The Hall–Kier alpha value is -9.40. The molecule has 13 aromatic rings. The van der Waals surface area contributed by atoms with E-state index in [-0.39, 0.29) is 5.41 Å². The van der Waals surface area contributed by atoms with Crippen molar-refractivity contribution < 1.29 is 0 Å². The zero-order chi connectivity index (χ0) is 47.2. The molecule has 8 heteroatoms. The summed E-state index contributed by atoms with van der Waals surface area (Å²) < 4.78 is 4.64. The van der Waals surface area contributed by atoms with Crippen LogP contribution in [-0.4, -0.2) is 39.0 Å². The molecule has 9 aromatic carbocycles. The van der Waals surface area contributed by atoms with Crippen LogP contribution in [0.15, 0.2) is 218 Å². The fourth-order valence-electron chi connectivity index (χ4n) is 10.9.